The Morgan fingerprint density at radius 1 is 1.25 bits per heavy atom. The molecule has 1 aliphatic carbocycles. The van der Waals surface area contributed by atoms with E-state index in [1.165, 1.54) is 5.56 Å². The Balaban J connectivity index is 1.49. The average molecular weight is 376 g/mol. The summed E-state index contributed by atoms with van der Waals surface area (Å²) in [6.45, 7) is 3.72. The molecule has 28 heavy (non-hydrogen) atoms. The Hall–Kier alpha value is -2.70. The van der Waals surface area contributed by atoms with E-state index in [1.54, 1.807) is 6.20 Å². The normalized spacial score (nSPS) is 23.1. The zero-order chi connectivity index (χ0) is 19.3. The number of pyridine rings is 1. The third-order valence-corrected chi connectivity index (χ3v) is 6.41. The van der Waals surface area contributed by atoms with E-state index in [9.17, 15) is 9.90 Å². The lowest BCUT2D eigenvalue weighted by molar-refractivity contribution is 0.0417. The number of carbonyl (C=O) groups excluding carboxylic acids is 1. The summed E-state index contributed by atoms with van der Waals surface area (Å²) < 4.78 is 1.86. The molecule has 6 heteroatoms. The lowest BCUT2D eigenvalue weighted by Crippen LogP contribution is -2.48. The van der Waals surface area contributed by atoms with E-state index in [-0.39, 0.29) is 11.3 Å². The number of aliphatic hydroxyl groups excluding tert-OH is 1. The number of amides is 1. The fraction of sp³-hybridized carbons (Fsp3) is 0.364. The molecule has 2 aromatic heterocycles. The van der Waals surface area contributed by atoms with Crippen LogP contribution in [0.4, 0.5) is 0 Å². The van der Waals surface area contributed by atoms with Gasteiger partial charge in [-0.15, -0.1) is 0 Å². The van der Waals surface area contributed by atoms with Crippen molar-refractivity contribution in [1.29, 1.82) is 0 Å². The van der Waals surface area contributed by atoms with Crippen LogP contribution in [0.2, 0.25) is 0 Å². The summed E-state index contributed by atoms with van der Waals surface area (Å²) in [5.41, 5.74) is 4.04. The standard InChI is InChI=1S/C22H24N4O2/c1-14-5-4-12-26-13-17(24-20(14)26)21(28)25-18-15-6-2-3-7-16(15)22(19(18)27)8-10-23-11-9-22/h2-7,12-13,18-19,23,27H,8-11H2,1H3,(H,25,28)/t18-,19+/m0/s1. The number of aromatic nitrogens is 2. The van der Waals surface area contributed by atoms with Gasteiger partial charge in [0.15, 0.2) is 0 Å². The van der Waals surface area contributed by atoms with Gasteiger partial charge in [0, 0.05) is 17.8 Å². The maximum atomic E-state index is 13.0. The number of rotatable bonds is 2. The molecular weight excluding hydrogens is 352 g/mol. The number of aryl methyl sites for hydroxylation is 1. The maximum Gasteiger partial charge on any atom is 0.272 e. The van der Waals surface area contributed by atoms with Crippen LogP contribution >= 0.6 is 0 Å². The van der Waals surface area contributed by atoms with Crippen molar-refractivity contribution >= 4 is 11.6 Å². The van der Waals surface area contributed by atoms with Crippen molar-refractivity contribution in [2.45, 2.75) is 37.3 Å². The molecule has 3 heterocycles. The van der Waals surface area contributed by atoms with Gasteiger partial charge in [0.1, 0.15) is 11.3 Å². The first-order chi connectivity index (χ1) is 13.6. The molecule has 0 bridgehead atoms. The largest absolute Gasteiger partial charge is 0.390 e. The molecule has 1 saturated heterocycles. The summed E-state index contributed by atoms with van der Waals surface area (Å²) in [7, 11) is 0. The van der Waals surface area contributed by atoms with Crippen LogP contribution in [-0.2, 0) is 5.41 Å². The van der Waals surface area contributed by atoms with Gasteiger partial charge in [-0.05, 0) is 55.6 Å². The molecule has 3 aromatic rings. The lowest BCUT2D eigenvalue weighted by atomic mass is 9.72. The number of hydrogen-bond acceptors (Lipinski definition) is 4. The molecule has 2 atom stereocenters. The molecule has 6 nitrogen and oxygen atoms in total. The van der Waals surface area contributed by atoms with E-state index in [0.717, 1.165) is 42.7 Å². The van der Waals surface area contributed by atoms with E-state index >= 15 is 0 Å². The van der Waals surface area contributed by atoms with Gasteiger partial charge < -0.3 is 20.1 Å². The molecule has 0 radical (unpaired) electrons. The van der Waals surface area contributed by atoms with Crippen LogP contribution in [0.1, 0.15) is 46.1 Å². The molecule has 3 N–H and O–H groups in total. The number of hydrogen-bond donors (Lipinski definition) is 3. The van der Waals surface area contributed by atoms with Crippen molar-refractivity contribution in [2.75, 3.05) is 13.1 Å². The molecule has 2 aliphatic rings. The van der Waals surface area contributed by atoms with Gasteiger partial charge >= 0.3 is 0 Å². The van der Waals surface area contributed by atoms with Gasteiger partial charge in [0.2, 0.25) is 0 Å². The zero-order valence-electron chi connectivity index (χ0n) is 15.9. The van der Waals surface area contributed by atoms with Gasteiger partial charge in [-0.3, -0.25) is 4.79 Å². The number of imidazole rings is 1. The molecule has 1 fully saturated rings. The summed E-state index contributed by atoms with van der Waals surface area (Å²) >= 11 is 0. The monoisotopic (exact) mass is 376 g/mol. The van der Waals surface area contributed by atoms with Crippen LogP contribution in [-0.4, -0.2) is 39.6 Å². The Bertz CT molecular complexity index is 1050. The summed E-state index contributed by atoms with van der Waals surface area (Å²) in [6.07, 6.45) is 4.71. The van der Waals surface area contributed by atoms with Crippen LogP contribution < -0.4 is 10.6 Å². The number of nitrogens with one attached hydrogen (secondary N) is 2. The van der Waals surface area contributed by atoms with E-state index < -0.39 is 12.1 Å². The zero-order valence-corrected chi connectivity index (χ0v) is 15.9. The van der Waals surface area contributed by atoms with Crippen LogP contribution in [0.5, 0.6) is 0 Å². The number of piperidine rings is 1. The minimum absolute atomic E-state index is 0.257. The summed E-state index contributed by atoms with van der Waals surface area (Å²) in [6, 6.07) is 11.6. The third kappa shape index (κ3) is 2.48. The number of nitrogens with zero attached hydrogens (tertiary/aromatic N) is 2. The van der Waals surface area contributed by atoms with Gasteiger partial charge in [-0.1, -0.05) is 30.3 Å². The predicted octanol–water partition coefficient (Wildman–Crippen LogP) is 2.11. The molecule has 1 spiro atoms. The Kier molecular flexibility index (Phi) is 4.00. The smallest absolute Gasteiger partial charge is 0.272 e. The van der Waals surface area contributed by atoms with Crippen molar-refractivity contribution in [3.05, 3.63) is 71.2 Å². The quantitative estimate of drug-likeness (QED) is 0.640. The second-order valence-corrected chi connectivity index (χ2v) is 7.94. The first kappa shape index (κ1) is 17.4. The highest BCUT2D eigenvalue weighted by molar-refractivity contribution is 5.93. The first-order valence-corrected chi connectivity index (χ1v) is 9.83. The van der Waals surface area contributed by atoms with E-state index in [1.807, 2.05) is 47.9 Å². The third-order valence-electron chi connectivity index (χ3n) is 6.41. The minimum Gasteiger partial charge on any atom is -0.390 e. The fourth-order valence-corrected chi connectivity index (χ4v) is 4.94. The van der Waals surface area contributed by atoms with Crippen molar-refractivity contribution < 1.29 is 9.90 Å². The number of fused-ring (bicyclic) bond motifs is 3. The molecule has 0 saturated carbocycles. The molecule has 5 rings (SSSR count). The lowest BCUT2D eigenvalue weighted by Gasteiger charge is -2.38. The van der Waals surface area contributed by atoms with Gasteiger partial charge in [-0.25, -0.2) is 4.98 Å². The van der Waals surface area contributed by atoms with Crippen molar-refractivity contribution in [3.8, 4) is 0 Å². The van der Waals surface area contributed by atoms with E-state index in [4.69, 9.17) is 0 Å². The Morgan fingerprint density at radius 3 is 2.82 bits per heavy atom. The van der Waals surface area contributed by atoms with Crippen molar-refractivity contribution in [1.82, 2.24) is 20.0 Å². The topological polar surface area (TPSA) is 78.7 Å². The highest BCUT2D eigenvalue weighted by atomic mass is 16.3. The highest BCUT2D eigenvalue weighted by Gasteiger charge is 2.52. The Labute approximate surface area is 163 Å². The Morgan fingerprint density at radius 2 is 2.04 bits per heavy atom. The van der Waals surface area contributed by atoms with Crippen LogP contribution in [0.25, 0.3) is 5.65 Å². The summed E-state index contributed by atoms with van der Waals surface area (Å²) in [4.78, 5) is 17.5. The predicted molar refractivity (Wildman–Crippen MR) is 106 cm³/mol. The molecule has 1 amide bonds. The fourth-order valence-electron chi connectivity index (χ4n) is 4.94. The molecule has 1 aliphatic heterocycles. The number of carbonyl (C=O) groups is 1. The van der Waals surface area contributed by atoms with Crippen LogP contribution in [0.15, 0.2) is 48.8 Å². The van der Waals surface area contributed by atoms with Crippen LogP contribution in [0.3, 0.4) is 0 Å². The van der Waals surface area contributed by atoms with Gasteiger partial charge in [-0.2, -0.15) is 0 Å². The number of aliphatic hydroxyl groups is 1. The molecule has 1 aromatic carbocycles. The molecule has 0 unspecified atom stereocenters. The molecule has 144 valence electrons. The SMILES string of the molecule is Cc1cccn2cc(C(=O)N[C@H]3c4ccccc4C4(CCNCC4)[C@@H]3O)nc12. The summed E-state index contributed by atoms with van der Waals surface area (Å²) in [5.74, 6) is -0.257. The van der Waals surface area contributed by atoms with E-state index in [2.05, 4.69) is 21.7 Å². The average Bonchev–Trinajstić information content (AvgIpc) is 3.25. The molecular formula is C22H24N4O2. The minimum atomic E-state index is -0.644. The van der Waals surface area contributed by atoms with Gasteiger partial charge in [0.05, 0.1) is 12.1 Å². The maximum absolute atomic E-state index is 13.0. The van der Waals surface area contributed by atoms with Crippen molar-refractivity contribution in [2.24, 2.45) is 0 Å². The second-order valence-electron chi connectivity index (χ2n) is 7.94. The van der Waals surface area contributed by atoms with Crippen molar-refractivity contribution in [3.63, 3.8) is 0 Å². The van der Waals surface area contributed by atoms with E-state index in [0.29, 0.717) is 5.69 Å². The second kappa shape index (κ2) is 6.43. The van der Waals surface area contributed by atoms with Crippen LogP contribution in [0, 0.1) is 6.92 Å². The highest BCUT2D eigenvalue weighted by Crippen LogP contribution is 2.50. The van der Waals surface area contributed by atoms with Gasteiger partial charge in [0.25, 0.3) is 5.91 Å². The number of benzene rings is 1. The first-order valence-electron chi connectivity index (χ1n) is 9.83. The summed E-state index contributed by atoms with van der Waals surface area (Å²) in [5, 5.41) is 17.7.